The predicted molar refractivity (Wildman–Crippen MR) is 82.5 cm³/mol. The lowest BCUT2D eigenvalue weighted by atomic mass is 10.1. The Kier molecular flexibility index (Phi) is 4.51. The van der Waals surface area contributed by atoms with Gasteiger partial charge in [0.25, 0.3) is 0 Å². The number of rotatable bonds is 5. The molecule has 0 fully saturated rings. The van der Waals surface area contributed by atoms with Crippen molar-refractivity contribution in [3.8, 4) is 0 Å². The molecule has 1 aliphatic rings. The Labute approximate surface area is 128 Å². The van der Waals surface area contributed by atoms with Gasteiger partial charge in [0, 0.05) is 29.2 Å². The smallest absolute Gasteiger partial charge is 0.139 e. The van der Waals surface area contributed by atoms with Gasteiger partial charge in [-0.2, -0.15) is 0 Å². The van der Waals surface area contributed by atoms with E-state index in [2.05, 4.69) is 17.2 Å². The van der Waals surface area contributed by atoms with Crippen molar-refractivity contribution in [2.75, 3.05) is 0 Å². The Morgan fingerprint density at radius 2 is 2.19 bits per heavy atom. The third-order valence-electron chi connectivity index (χ3n) is 3.47. The van der Waals surface area contributed by atoms with Gasteiger partial charge in [-0.3, -0.25) is 0 Å². The molecule has 5 heteroatoms. The third-order valence-corrected chi connectivity index (χ3v) is 4.46. The van der Waals surface area contributed by atoms with Gasteiger partial charge >= 0.3 is 0 Å². The highest BCUT2D eigenvalue weighted by molar-refractivity contribution is 7.98. The quantitative estimate of drug-likeness (QED) is 0.858. The van der Waals surface area contributed by atoms with Crippen LogP contribution >= 0.6 is 11.8 Å². The van der Waals surface area contributed by atoms with Crippen LogP contribution in [-0.2, 0) is 25.3 Å². The van der Waals surface area contributed by atoms with Gasteiger partial charge in [0.15, 0.2) is 0 Å². The minimum atomic E-state index is -0.203. The molecule has 0 aliphatic carbocycles. The Morgan fingerprint density at radius 1 is 1.29 bits per heavy atom. The summed E-state index contributed by atoms with van der Waals surface area (Å²) in [5, 5.41) is 3.34. The summed E-state index contributed by atoms with van der Waals surface area (Å²) in [6, 6.07) is 6.65. The van der Waals surface area contributed by atoms with Gasteiger partial charge in [0.1, 0.15) is 11.6 Å². The van der Waals surface area contributed by atoms with Crippen LogP contribution in [0.1, 0.15) is 36.1 Å². The Morgan fingerprint density at radius 3 is 3.00 bits per heavy atom. The molecule has 0 unspecified atom stereocenters. The van der Waals surface area contributed by atoms with Gasteiger partial charge in [-0.05, 0) is 24.6 Å². The van der Waals surface area contributed by atoms with Crippen molar-refractivity contribution < 1.29 is 4.39 Å². The first kappa shape index (κ1) is 14.5. The van der Waals surface area contributed by atoms with Crippen LogP contribution in [0.2, 0.25) is 0 Å². The molecule has 1 N–H and O–H groups in total. The summed E-state index contributed by atoms with van der Waals surface area (Å²) in [5.41, 5.74) is 3.57. The molecule has 1 aromatic heterocycles. The average molecular weight is 303 g/mol. The van der Waals surface area contributed by atoms with E-state index < -0.39 is 0 Å². The van der Waals surface area contributed by atoms with Crippen molar-refractivity contribution in [1.82, 2.24) is 15.3 Å². The number of aromatic nitrogens is 2. The number of benzene rings is 1. The summed E-state index contributed by atoms with van der Waals surface area (Å²) in [7, 11) is 0. The van der Waals surface area contributed by atoms with Crippen LogP contribution in [0.15, 0.2) is 29.2 Å². The summed E-state index contributed by atoms with van der Waals surface area (Å²) in [4.78, 5) is 10.3. The zero-order chi connectivity index (χ0) is 14.7. The Bertz CT molecular complexity index is 645. The standard InChI is InChI=1S/C16H18FN3S/c1-2-4-14-13-8-18-9-15(13)20-16(19-14)10-21-12-6-3-5-11(17)7-12/h3,5-7,18H,2,4,8-10H2,1H3. The van der Waals surface area contributed by atoms with Crippen LogP contribution in [0.25, 0.3) is 0 Å². The lowest BCUT2D eigenvalue weighted by molar-refractivity contribution is 0.624. The van der Waals surface area contributed by atoms with E-state index in [1.807, 2.05) is 6.07 Å². The van der Waals surface area contributed by atoms with Gasteiger partial charge in [-0.15, -0.1) is 11.8 Å². The molecule has 0 bridgehead atoms. The van der Waals surface area contributed by atoms with Gasteiger partial charge in [0.2, 0.25) is 0 Å². The Hall–Kier alpha value is -1.46. The summed E-state index contributed by atoms with van der Waals surface area (Å²) in [6.07, 6.45) is 2.07. The van der Waals surface area contributed by atoms with Crippen LogP contribution in [0, 0.1) is 5.82 Å². The van der Waals surface area contributed by atoms with E-state index in [9.17, 15) is 4.39 Å². The van der Waals surface area contributed by atoms with E-state index in [1.165, 1.54) is 17.3 Å². The van der Waals surface area contributed by atoms with Gasteiger partial charge < -0.3 is 5.32 Å². The number of hydrogen-bond donors (Lipinski definition) is 1. The summed E-state index contributed by atoms with van der Waals surface area (Å²) < 4.78 is 13.2. The van der Waals surface area contributed by atoms with E-state index in [-0.39, 0.29) is 5.82 Å². The molecular formula is C16H18FN3S. The highest BCUT2D eigenvalue weighted by atomic mass is 32.2. The number of aryl methyl sites for hydroxylation is 1. The fourth-order valence-corrected chi connectivity index (χ4v) is 3.30. The minimum Gasteiger partial charge on any atom is -0.307 e. The molecule has 1 aliphatic heterocycles. The largest absolute Gasteiger partial charge is 0.307 e. The van der Waals surface area contributed by atoms with E-state index in [0.717, 1.165) is 42.3 Å². The van der Waals surface area contributed by atoms with E-state index in [4.69, 9.17) is 4.98 Å². The van der Waals surface area contributed by atoms with Crippen LogP contribution in [0.4, 0.5) is 4.39 Å². The highest BCUT2D eigenvalue weighted by Gasteiger charge is 2.18. The van der Waals surface area contributed by atoms with Gasteiger partial charge in [-0.1, -0.05) is 19.4 Å². The monoisotopic (exact) mass is 303 g/mol. The first-order chi connectivity index (χ1) is 10.3. The van der Waals surface area contributed by atoms with Gasteiger partial charge in [0.05, 0.1) is 11.4 Å². The third kappa shape index (κ3) is 3.41. The van der Waals surface area contributed by atoms with Crippen LogP contribution < -0.4 is 5.32 Å². The van der Waals surface area contributed by atoms with Crippen molar-refractivity contribution in [2.45, 2.75) is 43.5 Å². The number of fused-ring (bicyclic) bond motifs is 1. The Balaban J connectivity index is 1.78. The van der Waals surface area contributed by atoms with Crippen molar-refractivity contribution in [3.63, 3.8) is 0 Å². The summed E-state index contributed by atoms with van der Waals surface area (Å²) >= 11 is 1.57. The molecule has 21 heavy (non-hydrogen) atoms. The molecule has 3 nitrogen and oxygen atoms in total. The topological polar surface area (TPSA) is 37.8 Å². The summed E-state index contributed by atoms with van der Waals surface area (Å²) in [6.45, 7) is 3.87. The van der Waals surface area contributed by atoms with E-state index in [0.29, 0.717) is 5.75 Å². The molecule has 0 atom stereocenters. The fourth-order valence-electron chi connectivity index (χ4n) is 2.51. The first-order valence-corrected chi connectivity index (χ1v) is 8.21. The fraction of sp³-hybridized carbons (Fsp3) is 0.375. The molecule has 110 valence electrons. The molecule has 0 amide bonds. The van der Waals surface area contributed by atoms with Crippen molar-refractivity contribution in [2.24, 2.45) is 0 Å². The van der Waals surface area contributed by atoms with Crippen LogP contribution in [-0.4, -0.2) is 9.97 Å². The van der Waals surface area contributed by atoms with Crippen LogP contribution in [0.3, 0.4) is 0 Å². The number of halogens is 1. The molecule has 1 aromatic carbocycles. The zero-order valence-electron chi connectivity index (χ0n) is 12.0. The number of thioether (sulfide) groups is 1. The maximum Gasteiger partial charge on any atom is 0.139 e. The molecule has 2 aromatic rings. The van der Waals surface area contributed by atoms with Crippen LogP contribution in [0.5, 0.6) is 0 Å². The van der Waals surface area contributed by atoms with Crippen molar-refractivity contribution in [3.05, 3.63) is 52.9 Å². The molecule has 0 spiro atoms. The zero-order valence-corrected chi connectivity index (χ0v) is 12.8. The lowest BCUT2D eigenvalue weighted by Gasteiger charge is -2.09. The summed E-state index contributed by atoms with van der Waals surface area (Å²) in [5.74, 6) is 1.31. The average Bonchev–Trinajstić information content (AvgIpc) is 2.94. The van der Waals surface area contributed by atoms with Gasteiger partial charge in [-0.25, -0.2) is 14.4 Å². The number of nitrogens with one attached hydrogen (secondary N) is 1. The molecule has 0 radical (unpaired) electrons. The van der Waals surface area contributed by atoms with Crippen molar-refractivity contribution in [1.29, 1.82) is 0 Å². The normalized spacial score (nSPS) is 13.4. The van der Waals surface area contributed by atoms with Crippen molar-refractivity contribution >= 4 is 11.8 Å². The second-order valence-corrected chi connectivity index (χ2v) is 6.16. The second-order valence-electron chi connectivity index (χ2n) is 5.11. The molecular weight excluding hydrogens is 285 g/mol. The van der Waals surface area contributed by atoms with E-state index in [1.54, 1.807) is 23.9 Å². The first-order valence-electron chi connectivity index (χ1n) is 7.23. The predicted octanol–water partition coefficient (Wildman–Crippen LogP) is 3.46. The van der Waals surface area contributed by atoms with E-state index >= 15 is 0 Å². The maximum absolute atomic E-state index is 13.2. The highest BCUT2D eigenvalue weighted by Crippen LogP contribution is 2.24. The molecule has 0 saturated carbocycles. The minimum absolute atomic E-state index is 0.203. The molecule has 0 saturated heterocycles. The lowest BCUT2D eigenvalue weighted by Crippen LogP contribution is -2.05. The number of nitrogens with zero attached hydrogens (tertiary/aromatic N) is 2. The number of hydrogen-bond acceptors (Lipinski definition) is 4. The SMILES string of the molecule is CCCc1nc(CSc2cccc(F)c2)nc2c1CNC2. The molecule has 2 heterocycles. The second kappa shape index (κ2) is 6.54. The maximum atomic E-state index is 13.2. The molecule has 3 rings (SSSR count).